The summed E-state index contributed by atoms with van der Waals surface area (Å²) in [5.41, 5.74) is -6.44. The van der Waals surface area contributed by atoms with E-state index in [0.717, 1.165) is 0 Å². The van der Waals surface area contributed by atoms with E-state index in [1.807, 2.05) is 0 Å². The van der Waals surface area contributed by atoms with Gasteiger partial charge >= 0.3 is 6.18 Å². The minimum Gasteiger partial charge on any atom is -0.274 e. The van der Waals surface area contributed by atoms with Crippen LogP contribution in [-0.2, 0) is 6.18 Å². The minimum absolute atomic E-state index is 0.190. The van der Waals surface area contributed by atoms with Gasteiger partial charge < -0.3 is 0 Å². The zero-order valence-electron chi connectivity index (χ0n) is 8.54. The molecule has 0 N–H and O–H groups in total. The molecule has 5 nitrogen and oxygen atoms in total. The first-order valence-corrected chi connectivity index (χ1v) is 4.68. The molecular weight excluding hydrogens is 303 g/mol. The molecular formula is C8H2ClF5N2O3. The van der Waals surface area contributed by atoms with E-state index >= 15 is 0 Å². The fourth-order valence-corrected chi connectivity index (χ4v) is 1.33. The summed E-state index contributed by atoms with van der Waals surface area (Å²) in [5.74, 6) is 0. The van der Waals surface area contributed by atoms with Crippen molar-refractivity contribution in [1.29, 1.82) is 0 Å². The SMILES string of the molecule is O=C(Cl)c1nc(C(F)F)c([N+](=O)[O-])cc1C(F)(F)F. The van der Waals surface area contributed by atoms with Gasteiger partial charge in [0, 0.05) is 6.07 Å². The fourth-order valence-electron chi connectivity index (χ4n) is 1.19. The van der Waals surface area contributed by atoms with Crippen molar-refractivity contribution < 1.29 is 31.7 Å². The monoisotopic (exact) mass is 304 g/mol. The van der Waals surface area contributed by atoms with Gasteiger partial charge in [-0.2, -0.15) is 13.2 Å². The molecule has 104 valence electrons. The number of alkyl halides is 5. The number of pyridine rings is 1. The number of aromatic nitrogens is 1. The third-order valence-corrected chi connectivity index (χ3v) is 2.10. The van der Waals surface area contributed by atoms with E-state index in [0.29, 0.717) is 0 Å². The largest absolute Gasteiger partial charge is 0.418 e. The molecule has 1 aromatic rings. The van der Waals surface area contributed by atoms with Crippen LogP contribution in [0.5, 0.6) is 0 Å². The van der Waals surface area contributed by atoms with E-state index in [1.165, 1.54) is 0 Å². The van der Waals surface area contributed by atoms with Gasteiger partial charge in [0.25, 0.3) is 17.4 Å². The number of rotatable bonds is 3. The van der Waals surface area contributed by atoms with Crippen molar-refractivity contribution in [1.82, 2.24) is 4.98 Å². The van der Waals surface area contributed by atoms with Gasteiger partial charge in [0.15, 0.2) is 5.69 Å². The topological polar surface area (TPSA) is 73.1 Å². The van der Waals surface area contributed by atoms with Crippen LogP contribution in [0.25, 0.3) is 0 Å². The maximum absolute atomic E-state index is 12.5. The van der Waals surface area contributed by atoms with E-state index in [4.69, 9.17) is 11.6 Å². The smallest absolute Gasteiger partial charge is 0.274 e. The van der Waals surface area contributed by atoms with Crippen molar-refractivity contribution in [2.45, 2.75) is 12.6 Å². The van der Waals surface area contributed by atoms with Gasteiger partial charge in [0.05, 0.1) is 10.5 Å². The van der Waals surface area contributed by atoms with E-state index in [2.05, 4.69) is 4.98 Å². The molecule has 0 amide bonds. The number of nitro groups is 1. The van der Waals surface area contributed by atoms with E-state index in [9.17, 15) is 36.9 Å². The summed E-state index contributed by atoms with van der Waals surface area (Å²) >= 11 is 4.81. The van der Waals surface area contributed by atoms with Crippen molar-refractivity contribution in [2.75, 3.05) is 0 Å². The summed E-state index contributed by atoms with van der Waals surface area (Å²) in [6.45, 7) is 0. The number of nitrogens with zero attached hydrogens (tertiary/aromatic N) is 2. The molecule has 0 aliphatic rings. The number of carbonyl (C=O) groups is 1. The molecule has 0 aliphatic heterocycles. The van der Waals surface area contributed by atoms with Crippen LogP contribution >= 0.6 is 11.6 Å². The van der Waals surface area contributed by atoms with Crippen molar-refractivity contribution >= 4 is 22.5 Å². The molecule has 1 heterocycles. The Morgan fingerprint density at radius 2 is 1.95 bits per heavy atom. The highest BCUT2D eigenvalue weighted by atomic mass is 35.5. The normalized spacial score (nSPS) is 11.7. The molecule has 0 atom stereocenters. The summed E-state index contributed by atoms with van der Waals surface area (Å²) < 4.78 is 62.5. The van der Waals surface area contributed by atoms with Crippen LogP contribution in [0.3, 0.4) is 0 Å². The molecule has 0 saturated carbocycles. The fraction of sp³-hybridized carbons (Fsp3) is 0.250. The lowest BCUT2D eigenvalue weighted by Crippen LogP contribution is -2.15. The summed E-state index contributed by atoms with van der Waals surface area (Å²) in [4.78, 5) is 22.4. The molecule has 0 unspecified atom stereocenters. The Kier molecular flexibility index (Phi) is 4.03. The summed E-state index contributed by atoms with van der Waals surface area (Å²) in [6.07, 6.45) is -8.73. The maximum atomic E-state index is 12.5. The molecule has 0 radical (unpaired) electrons. The average Bonchev–Trinajstić information content (AvgIpc) is 2.25. The second kappa shape index (κ2) is 5.03. The molecule has 0 aromatic carbocycles. The standard InChI is InChI=1S/C8H2ClF5N2O3/c9-6(17)4-2(8(12,13)14)1-3(16(18)19)5(15-4)7(10)11/h1,7H. The lowest BCUT2D eigenvalue weighted by atomic mass is 10.1. The third-order valence-electron chi connectivity index (χ3n) is 1.93. The second-order valence-corrected chi connectivity index (χ2v) is 3.46. The van der Waals surface area contributed by atoms with Gasteiger partial charge in [-0.25, -0.2) is 13.8 Å². The summed E-state index contributed by atoms with van der Waals surface area (Å²) in [5, 5.41) is 8.69. The van der Waals surface area contributed by atoms with E-state index < -0.39 is 45.4 Å². The van der Waals surface area contributed by atoms with Gasteiger partial charge in [0.2, 0.25) is 0 Å². The number of hydrogen-bond donors (Lipinski definition) is 0. The van der Waals surface area contributed by atoms with Crippen LogP contribution in [0.2, 0.25) is 0 Å². The molecule has 0 saturated heterocycles. The summed E-state index contributed by atoms with van der Waals surface area (Å²) in [6, 6.07) is -0.190. The highest BCUT2D eigenvalue weighted by Crippen LogP contribution is 2.37. The Labute approximate surface area is 106 Å². The molecule has 19 heavy (non-hydrogen) atoms. The quantitative estimate of drug-likeness (QED) is 0.371. The predicted molar refractivity (Wildman–Crippen MR) is 51.0 cm³/mol. The Balaban J connectivity index is 3.70. The molecule has 1 rings (SSSR count). The van der Waals surface area contributed by atoms with Crippen molar-refractivity contribution in [3.63, 3.8) is 0 Å². The molecule has 11 heteroatoms. The van der Waals surface area contributed by atoms with Gasteiger partial charge in [-0.15, -0.1) is 0 Å². The maximum Gasteiger partial charge on any atom is 0.418 e. The molecule has 0 fully saturated rings. The summed E-state index contributed by atoms with van der Waals surface area (Å²) in [7, 11) is 0. The number of halogens is 6. The third kappa shape index (κ3) is 3.13. The second-order valence-electron chi connectivity index (χ2n) is 3.12. The van der Waals surface area contributed by atoms with E-state index in [1.54, 1.807) is 0 Å². The Hall–Kier alpha value is -1.84. The first kappa shape index (κ1) is 15.2. The van der Waals surface area contributed by atoms with Crippen molar-refractivity contribution in [3.8, 4) is 0 Å². The zero-order chi connectivity index (χ0) is 15.0. The Morgan fingerprint density at radius 3 is 2.26 bits per heavy atom. The number of hydrogen-bond acceptors (Lipinski definition) is 4. The first-order chi connectivity index (χ1) is 8.55. The lowest BCUT2D eigenvalue weighted by molar-refractivity contribution is -0.386. The molecule has 1 aromatic heterocycles. The van der Waals surface area contributed by atoms with Crippen LogP contribution in [0, 0.1) is 10.1 Å². The number of carbonyl (C=O) groups excluding carboxylic acids is 1. The average molecular weight is 305 g/mol. The van der Waals surface area contributed by atoms with Crippen molar-refractivity contribution in [2.24, 2.45) is 0 Å². The van der Waals surface area contributed by atoms with Gasteiger partial charge in [0.1, 0.15) is 5.69 Å². The van der Waals surface area contributed by atoms with Crippen molar-refractivity contribution in [3.05, 3.63) is 33.1 Å². The predicted octanol–water partition coefficient (Wildman–Crippen LogP) is 3.33. The van der Waals surface area contributed by atoms with E-state index in [-0.39, 0.29) is 6.07 Å². The molecule has 0 bridgehead atoms. The van der Waals surface area contributed by atoms with Crippen LogP contribution in [0.15, 0.2) is 6.07 Å². The Bertz CT molecular complexity index is 546. The minimum atomic E-state index is -5.20. The van der Waals surface area contributed by atoms with Gasteiger partial charge in [-0.1, -0.05) is 0 Å². The molecule has 0 aliphatic carbocycles. The van der Waals surface area contributed by atoms with Crippen LogP contribution in [0.4, 0.5) is 27.6 Å². The first-order valence-electron chi connectivity index (χ1n) is 4.30. The highest BCUT2D eigenvalue weighted by molar-refractivity contribution is 6.67. The lowest BCUT2D eigenvalue weighted by Gasteiger charge is -2.11. The van der Waals surface area contributed by atoms with Gasteiger partial charge in [-0.05, 0) is 11.6 Å². The van der Waals surface area contributed by atoms with Crippen LogP contribution in [0.1, 0.15) is 28.2 Å². The van der Waals surface area contributed by atoms with Crippen LogP contribution < -0.4 is 0 Å². The zero-order valence-corrected chi connectivity index (χ0v) is 9.30. The molecule has 0 spiro atoms. The highest BCUT2D eigenvalue weighted by Gasteiger charge is 2.40. The van der Waals surface area contributed by atoms with Gasteiger partial charge in [-0.3, -0.25) is 14.9 Å². The van der Waals surface area contributed by atoms with Crippen LogP contribution in [-0.4, -0.2) is 15.1 Å². The Morgan fingerprint density at radius 1 is 1.42 bits per heavy atom.